The molecular formula is C55H86O6. The van der Waals surface area contributed by atoms with E-state index in [-0.39, 0.29) is 37.5 Å². The third kappa shape index (κ3) is 46.7. The Bertz CT molecular complexity index is 1340. The van der Waals surface area contributed by atoms with Gasteiger partial charge < -0.3 is 14.2 Å². The second kappa shape index (κ2) is 48.5. The predicted octanol–water partition coefficient (Wildman–Crippen LogP) is 15.7. The molecule has 0 bridgehead atoms. The molecule has 0 rings (SSSR count). The van der Waals surface area contributed by atoms with Crippen LogP contribution in [-0.2, 0) is 28.6 Å². The summed E-state index contributed by atoms with van der Waals surface area (Å²) in [4.78, 5) is 37.8. The van der Waals surface area contributed by atoms with Crippen molar-refractivity contribution in [3.63, 3.8) is 0 Å². The number of allylic oxidation sites excluding steroid dienone is 20. The number of esters is 3. The standard InChI is InChI=1S/C55H86O6/c1-4-7-10-13-16-19-21-23-25-27-29-31-33-36-39-42-45-48-54(57)60-51-52(50-59-53(56)47-44-41-38-35-18-15-12-9-6-3)61-55(58)49-46-43-40-37-34-32-30-28-26-24-22-20-17-14-11-8-5-2/h7,10,13,16-17,19-21,23-27,29-33,37,40,52H,4-6,8-9,11-12,14-15,18,22,28,34-36,38-39,41-51H2,1-3H3/b10-7-,16-13-,20-17-,21-19-,25-23-,26-24-,29-27+,32-30-,33-31-,40-37-. The summed E-state index contributed by atoms with van der Waals surface area (Å²) in [5, 5.41) is 0. The lowest BCUT2D eigenvalue weighted by atomic mass is 10.1. The van der Waals surface area contributed by atoms with Crippen molar-refractivity contribution in [3.05, 3.63) is 122 Å². The molecule has 0 fully saturated rings. The van der Waals surface area contributed by atoms with Gasteiger partial charge in [0.1, 0.15) is 13.2 Å². The van der Waals surface area contributed by atoms with Crippen molar-refractivity contribution in [2.75, 3.05) is 13.2 Å². The third-order valence-corrected chi connectivity index (χ3v) is 9.61. The first-order chi connectivity index (χ1) is 30.0. The molecule has 0 aromatic heterocycles. The van der Waals surface area contributed by atoms with Crippen molar-refractivity contribution in [1.29, 1.82) is 0 Å². The molecule has 0 aliphatic heterocycles. The molecule has 0 aromatic rings. The minimum Gasteiger partial charge on any atom is -0.462 e. The fraction of sp³-hybridized carbons (Fsp3) is 0.582. The Kier molecular flexibility index (Phi) is 45.1. The van der Waals surface area contributed by atoms with Gasteiger partial charge in [-0.1, -0.05) is 213 Å². The van der Waals surface area contributed by atoms with E-state index in [0.717, 1.165) is 77.0 Å². The summed E-state index contributed by atoms with van der Waals surface area (Å²) in [6.07, 6.45) is 66.1. The molecule has 1 unspecified atom stereocenters. The Balaban J connectivity index is 4.57. The van der Waals surface area contributed by atoms with E-state index in [9.17, 15) is 14.4 Å². The highest BCUT2D eigenvalue weighted by Crippen LogP contribution is 2.12. The first-order valence-corrected chi connectivity index (χ1v) is 24.1. The van der Waals surface area contributed by atoms with Gasteiger partial charge in [-0.25, -0.2) is 0 Å². The zero-order chi connectivity index (χ0) is 44.4. The van der Waals surface area contributed by atoms with E-state index in [4.69, 9.17) is 14.2 Å². The van der Waals surface area contributed by atoms with Crippen LogP contribution >= 0.6 is 0 Å². The predicted molar refractivity (Wildman–Crippen MR) is 260 cm³/mol. The topological polar surface area (TPSA) is 78.9 Å². The van der Waals surface area contributed by atoms with Crippen LogP contribution in [0.1, 0.15) is 188 Å². The molecule has 0 aliphatic carbocycles. The van der Waals surface area contributed by atoms with Crippen LogP contribution in [0.5, 0.6) is 0 Å². The van der Waals surface area contributed by atoms with E-state index < -0.39 is 6.10 Å². The van der Waals surface area contributed by atoms with E-state index in [1.807, 2.05) is 60.8 Å². The number of carbonyl (C=O) groups excluding carboxylic acids is 3. The van der Waals surface area contributed by atoms with Crippen LogP contribution in [0.4, 0.5) is 0 Å². The second-order valence-electron chi connectivity index (χ2n) is 15.4. The minimum absolute atomic E-state index is 0.117. The van der Waals surface area contributed by atoms with Crippen molar-refractivity contribution in [2.45, 2.75) is 194 Å². The quantitative estimate of drug-likeness (QED) is 0.0201. The largest absolute Gasteiger partial charge is 0.462 e. The third-order valence-electron chi connectivity index (χ3n) is 9.61. The van der Waals surface area contributed by atoms with Gasteiger partial charge in [0.2, 0.25) is 0 Å². The fourth-order valence-electron chi connectivity index (χ4n) is 5.99. The van der Waals surface area contributed by atoms with Gasteiger partial charge in [-0.05, 0) is 77.0 Å². The summed E-state index contributed by atoms with van der Waals surface area (Å²) in [7, 11) is 0. The number of hydrogen-bond donors (Lipinski definition) is 0. The Hall–Kier alpha value is -4.19. The van der Waals surface area contributed by atoms with Gasteiger partial charge in [-0.3, -0.25) is 14.4 Å². The Morgan fingerprint density at radius 1 is 0.361 bits per heavy atom. The van der Waals surface area contributed by atoms with Gasteiger partial charge in [-0.2, -0.15) is 0 Å². The van der Waals surface area contributed by atoms with E-state index in [0.29, 0.717) is 19.3 Å². The van der Waals surface area contributed by atoms with Crippen molar-refractivity contribution in [2.24, 2.45) is 0 Å². The molecule has 0 amide bonds. The molecular weight excluding hydrogens is 757 g/mol. The average molecular weight is 843 g/mol. The number of ether oxygens (including phenoxy) is 3. The number of carbonyl (C=O) groups is 3. The molecule has 0 radical (unpaired) electrons. The van der Waals surface area contributed by atoms with Gasteiger partial charge in [0, 0.05) is 19.3 Å². The lowest BCUT2D eigenvalue weighted by Crippen LogP contribution is -2.30. The lowest BCUT2D eigenvalue weighted by molar-refractivity contribution is -0.167. The molecule has 1 atom stereocenters. The summed E-state index contributed by atoms with van der Waals surface area (Å²) in [5.41, 5.74) is 0. The molecule has 0 aliphatic rings. The van der Waals surface area contributed by atoms with Crippen LogP contribution in [0, 0.1) is 0 Å². The van der Waals surface area contributed by atoms with E-state index >= 15 is 0 Å². The minimum atomic E-state index is -0.825. The molecule has 61 heavy (non-hydrogen) atoms. The maximum Gasteiger partial charge on any atom is 0.306 e. The molecule has 0 heterocycles. The van der Waals surface area contributed by atoms with Crippen LogP contribution in [0.3, 0.4) is 0 Å². The molecule has 0 saturated heterocycles. The van der Waals surface area contributed by atoms with Crippen LogP contribution in [0.25, 0.3) is 0 Å². The fourth-order valence-corrected chi connectivity index (χ4v) is 5.99. The van der Waals surface area contributed by atoms with E-state index in [2.05, 4.69) is 81.5 Å². The molecule has 0 spiro atoms. The summed E-state index contributed by atoms with van der Waals surface area (Å²) in [5.74, 6) is -1.03. The normalized spacial score (nSPS) is 13.2. The molecule has 0 N–H and O–H groups in total. The van der Waals surface area contributed by atoms with Crippen LogP contribution < -0.4 is 0 Å². The van der Waals surface area contributed by atoms with E-state index in [1.165, 1.54) is 64.2 Å². The van der Waals surface area contributed by atoms with Gasteiger partial charge in [0.15, 0.2) is 6.10 Å². The Morgan fingerprint density at radius 2 is 0.721 bits per heavy atom. The summed E-state index contributed by atoms with van der Waals surface area (Å²) in [6, 6.07) is 0. The average Bonchev–Trinajstić information content (AvgIpc) is 3.26. The van der Waals surface area contributed by atoms with Gasteiger partial charge in [-0.15, -0.1) is 0 Å². The van der Waals surface area contributed by atoms with Crippen LogP contribution in [0.2, 0.25) is 0 Å². The van der Waals surface area contributed by atoms with Gasteiger partial charge in [0.05, 0.1) is 0 Å². The highest BCUT2D eigenvalue weighted by molar-refractivity contribution is 5.71. The van der Waals surface area contributed by atoms with E-state index in [1.54, 1.807) is 0 Å². The van der Waals surface area contributed by atoms with Crippen LogP contribution in [-0.4, -0.2) is 37.2 Å². The molecule has 342 valence electrons. The summed E-state index contributed by atoms with van der Waals surface area (Å²) >= 11 is 0. The second-order valence-corrected chi connectivity index (χ2v) is 15.4. The molecule has 6 nitrogen and oxygen atoms in total. The first kappa shape index (κ1) is 56.8. The molecule has 0 saturated carbocycles. The number of unbranched alkanes of at least 4 members (excludes halogenated alkanes) is 15. The van der Waals surface area contributed by atoms with Crippen LogP contribution in [0.15, 0.2) is 122 Å². The van der Waals surface area contributed by atoms with Crippen molar-refractivity contribution < 1.29 is 28.6 Å². The summed E-state index contributed by atoms with van der Waals surface area (Å²) < 4.78 is 16.6. The zero-order valence-corrected chi connectivity index (χ0v) is 38.9. The smallest absolute Gasteiger partial charge is 0.306 e. The van der Waals surface area contributed by atoms with Gasteiger partial charge in [0.25, 0.3) is 0 Å². The first-order valence-electron chi connectivity index (χ1n) is 24.1. The Morgan fingerprint density at radius 3 is 1.23 bits per heavy atom. The summed E-state index contributed by atoms with van der Waals surface area (Å²) in [6.45, 7) is 6.33. The van der Waals surface area contributed by atoms with Crippen molar-refractivity contribution in [1.82, 2.24) is 0 Å². The van der Waals surface area contributed by atoms with Crippen molar-refractivity contribution in [3.8, 4) is 0 Å². The number of rotatable bonds is 41. The SMILES string of the molecule is CC\C=C/C=C\C=C/C=C\C=C\C=C/CCCCCC(=O)OCC(COC(=O)CCCCCCCCCCC)OC(=O)CCC/C=C\C/C=C\C/C=C\C/C=C\CCCCC. The highest BCUT2D eigenvalue weighted by Gasteiger charge is 2.19. The maximum absolute atomic E-state index is 12.7. The molecule has 0 aromatic carbocycles. The molecule has 6 heteroatoms. The Labute approximate surface area is 373 Å². The monoisotopic (exact) mass is 843 g/mol. The number of hydrogen-bond acceptors (Lipinski definition) is 6. The highest BCUT2D eigenvalue weighted by atomic mass is 16.6. The zero-order valence-electron chi connectivity index (χ0n) is 38.9. The van der Waals surface area contributed by atoms with Gasteiger partial charge >= 0.3 is 17.9 Å². The van der Waals surface area contributed by atoms with Crippen molar-refractivity contribution >= 4 is 17.9 Å². The maximum atomic E-state index is 12.7. The lowest BCUT2D eigenvalue weighted by Gasteiger charge is -2.18.